The van der Waals surface area contributed by atoms with E-state index in [1.165, 1.54) is 5.56 Å². The SMILES string of the molecule is CCC(C)NC(=O)CCNC(=NC)NC1CC(C)N(Cc2ccccc2)C1. The predicted octanol–water partition coefficient (Wildman–Crippen LogP) is 2.12. The van der Waals surface area contributed by atoms with Gasteiger partial charge in [0.1, 0.15) is 0 Å². The molecule has 0 bridgehead atoms. The zero-order valence-corrected chi connectivity index (χ0v) is 17.2. The molecule has 1 aliphatic rings. The van der Waals surface area contributed by atoms with Gasteiger partial charge in [-0.05, 0) is 32.3 Å². The summed E-state index contributed by atoms with van der Waals surface area (Å²) in [6.07, 6.45) is 2.48. The van der Waals surface area contributed by atoms with Crippen molar-refractivity contribution in [1.82, 2.24) is 20.9 Å². The molecule has 1 saturated heterocycles. The quantitative estimate of drug-likeness (QED) is 0.482. The molecule has 1 aromatic rings. The summed E-state index contributed by atoms with van der Waals surface area (Å²) < 4.78 is 0. The smallest absolute Gasteiger partial charge is 0.221 e. The van der Waals surface area contributed by atoms with E-state index in [-0.39, 0.29) is 11.9 Å². The van der Waals surface area contributed by atoms with Crippen molar-refractivity contribution in [3.63, 3.8) is 0 Å². The summed E-state index contributed by atoms with van der Waals surface area (Å²) in [5.74, 6) is 0.848. The first-order chi connectivity index (χ1) is 13.0. The molecule has 0 spiro atoms. The maximum atomic E-state index is 11.9. The van der Waals surface area contributed by atoms with E-state index in [9.17, 15) is 4.79 Å². The number of nitrogens with one attached hydrogen (secondary N) is 3. The lowest BCUT2D eigenvalue weighted by Gasteiger charge is -2.21. The summed E-state index contributed by atoms with van der Waals surface area (Å²) in [5.41, 5.74) is 1.35. The molecule has 0 saturated carbocycles. The van der Waals surface area contributed by atoms with Crippen molar-refractivity contribution in [2.75, 3.05) is 20.1 Å². The number of carbonyl (C=O) groups is 1. The fourth-order valence-corrected chi connectivity index (χ4v) is 3.37. The molecule has 0 radical (unpaired) electrons. The van der Waals surface area contributed by atoms with E-state index >= 15 is 0 Å². The van der Waals surface area contributed by atoms with Crippen LogP contribution in [0.15, 0.2) is 35.3 Å². The van der Waals surface area contributed by atoms with Crippen molar-refractivity contribution >= 4 is 11.9 Å². The molecule has 150 valence electrons. The largest absolute Gasteiger partial charge is 0.356 e. The van der Waals surface area contributed by atoms with E-state index in [0.717, 1.165) is 31.9 Å². The molecule has 3 unspecified atom stereocenters. The molecule has 1 aromatic carbocycles. The highest BCUT2D eigenvalue weighted by Crippen LogP contribution is 2.20. The van der Waals surface area contributed by atoms with Crippen LogP contribution < -0.4 is 16.0 Å². The molecule has 1 amide bonds. The van der Waals surface area contributed by atoms with E-state index in [1.54, 1.807) is 7.05 Å². The molecular formula is C21H35N5O. The normalized spacial score (nSPS) is 21.7. The van der Waals surface area contributed by atoms with E-state index in [2.05, 4.69) is 70.0 Å². The van der Waals surface area contributed by atoms with Crippen LogP contribution in [0.1, 0.15) is 45.6 Å². The van der Waals surface area contributed by atoms with Crippen LogP contribution in [-0.2, 0) is 11.3 Å². The minimum atomic E-state index is 0.0795. The molecule has 6 heteroatoms. The number of aliphatic imine (C=N–C) groups is 1. The van der Waals surface area contributed by atoms with Crippen LogP contribution in [0.5, 0.6) is 0 Å². The van der Waals surface area contributed by atoms with Crippen LogP contribution in [0.2, 0.25) is 0 Å². The van der Waals surface area contributed by atoms with Crippen molar-refractivity contribution in [3.8, 4) is 0 Å². The lowest BCUT2D eigenvalue weighted by atomic mass is 10.2. The Hall–Kier alpha value is -2.08. The maximum Gasteiger partial charge on any atom is 0.221 e. The molecule has 3 N–H and O–H groups in total. The molecule has 1 aliphatic heterocycles. The summed E-state index contributed by atoms with van der Waals surface area (Å²) in [6.45, 7) is 8.91. The van der Waals surface area contributed by atoms with E-state index in [1.807, 2.05) is 6.92 Å². The van der Waals surface area contributed by atoms with Crippen molar-refractivity contribution in [1.29, 1.82) is 0 Å². The van der Waals surface area contributed by atoms with Gasteiger partial charge in [-0.25, -0.2) is 0 Å². The Labute approximate surface area is 163 Å². The van der Waals surface area contributed by atoms with Crippen LogP contribution >= 0.6 is 0 Å². The fraction of sp³-hybridized carbons (Fsp3) is 0.619. The standard InChI is InChI=1S/C21H35N5O/c1-5-16(2)24-20(27)11-12-23-21(22-4)25-19-13-17(3)26(15-19)14-18-9-7-6-8-10-18/h6-10,16-17,19H,5,11-15H2,1-4H3,(H,24,27)(H2,22,23,25). The summed E-state index contributed by atoms with van der Waals surface area (Å²) in [6, 6.07) is 11.7. The number of rotatable bonds is 8. The van der Waals surface area contributed by atoms with Crippen LogP contribution in [0.4, 0.5) is 0 Å². The number of hydrogen-bond acceptors (Lipinski definition) is 3. The molecule has 2 rings (SSSR count). The summed E-state index contributed by atoms with van der Waals surface area (Å²) in [4.78, 5) is 18.7. The number of likely N-dealkylation sites (tertiary alicyclic amines) is 1. The lowest BCUT2D eigenvalue weighted by molar-refractivity contribution is -0.121. The van der Waals surface area contributed by atoms with Crippen molar-refractivity contribution < 1.29 is 4.79 Å². The second-order valence-electron chi connectivity index (χ2n) is 7.47. The summed E-state index contributed by atoms with van der Waals surface area (Å²) >= 11 is 0. The molecule has 6 nitrogen and oxygen atoms in total. The van der Waals surface area contributed by atoms with Gasteiger partial charge in [-0.2, -0.15) is 0 Å². The molecule has 1 heterocycles. The molecule has 0 aliphatic carbocycles. The maximum absolute atomic E-state index is 11.9. The van der Waals surface area contributed by atoms with Crippen LogP contribution in [0.3, 0.4) is 0 Å². The van der Waals surface area contributed by atoms with Crippen LogP contribution in [-0.4, -0.2) is 55.0 Å². The minimum absolute atomic E-state index is 0.0795. The van der Waals surface area contributed by atoms with Crippen molar-refractivity contribution in [3.05, 3.63) is 35.9 Å². The average Bonchev–Trinajstić information content (AvgIpc) is 3.00. The van der Waals surface area contributed by atoms with Gasteiger partial charge < -0.3 is 16.0 Å². The van der Waals surface area contributed by atoms with Crippen molar-refractivity contribution in [2.24, 2.45) is 4.99 Å². The number of hydrogen-bond donors (Lipinski definition) is 3. The van der Waals surface area contributed by atoms with Crippen molar-refractivity contribution in [2.45, 2.75) is 64.7 Å². The molecule has 0 aromatic heterocycles. The number of carbonyl (C=O) groups excluding carboxylic acids is 1. The van der Waals surface area contributed by atoms with E-state index in [0.29, 0.717) is 25.0 Å². The zero-order valence-electron chi connectivity index (χ0n) is 17.2. The highest BCUT2D eigenvalue weighted by atomic mass is 16.1. The number of guanidine groups is 1. The van der Waals surface area contributed by atoms with Gasteiger partial charge in [0.15, 0.2) is 5.96 Å². The Balaban J connectivity index is 1.74. The molecule has 3 atom stereocenters. The second kappa shape index (κ2) is 10.9. The summed E-state index contributed by atoms with van der Waals surface area (Å²) in [5, 5.41) is 9.74. The Morgan fingerprint density at radius 3 is 2.74 bits per heavy atom. The first kappa shape index (κ1) is 21.2. The van der Waals surface area contributed by atoms with Crippen LogP contribution in [0, 0.1) is 0 Å². The Morgan fingerprint density at radius 2 is 2.07 bits per heavy atom. The first-order valence-corrected chi connectivity index (χ1v) is 10.1. The third-order valence-corrected chi connectivity index (χ3v) is 5.16. The number of benzene rings is 1. The van der Waals surface area contributed by atoms with Gasteiger partial charge in [-0.3, -0.25) is 14.7 Å². The van der Waals surface area contributed by atoms with Gasteiger partial charge in [0.2, 0.25) is 5.91 Å². The van der Waals surface area contributed by atoms with Gasteiger partial charge in [0.25, 0.3) is 0 Å². The first-order valence-electron chi connectivity index (χ1n) is 10.1. The van der Waals surface area contributed by atoms with Gasteiger partial charge in [-0.15, -0.1) is 0 Å². The zero-order chi connectivity index (χ0) is 19.6. The topological polar surface area (TPSA) is 68.8 Å². The third-order valence-electron chi connectivity index (χ3n) is 5.16. The molecule has 1 fully saturated rings. The molecule has 27 heavy (non-hydrogen) atoms. The lowest BCUT2D eigenvalue weighted by Crippen LogP contribution is -2.45. The highest BCUT2D eigenvalue weighted by Gasteiger charge is 2.29. The highest BCUT2D eigenvalue weighted by molar-refractivity contribution is 5.81. The van der Waals surface area contributed by atoms with Crippen LogP contribution in [0.25, 0.3) is 0 Å². The van der Waals surface area contributed by atoms with E-state index < -0.39 is 0 Å². The minimum Gasteiger partial charge on any atom is -0.356 e. The van der Waals surface area contributed by atoms with Gasteiger partial charge in [0.05, 0.1) is 0 Å². The van der Waals surface area contributed by atoms with Gasteiger partial charge in [-0.1, -0.05) is 37.3 Å². The predicted molar refractivity (Wildman–Crippen MR) is 112 cm³/mol. The summed E-state index contributed by atoms with van der Waals surface area (Å²) in [7, 11) is 1.77. The number of nitrogens with zero attached hydrogens (tertiary/aromatic N) is 2. The number of amides is 1. The van der Waals surface area contributed by atoms with Gasteiger partial charge >= 0.3 is 0 Å². The Bertz CT molecular complexity index is 604. The molecular weight excluding hydrogens is 338 g/mol. The second-order valence-corrected chi connectivity index (χ2v) is 7.47. The fourth-order valence-electron chi connectivity index (χ4n) is 3.37. The monoisotopic (exact) mass is 373 g/mol. The average molecular weight is 374 g/mol. The van der Waals surface area contributed by atoms with E-state index in [4.69, 9.17) is 0 Å². The van der Waals surface area contributed by atoms with Gasteiger partial charge in [0, 0.05) is 51.2 Å². The Morgan fingerprint density at radius 1 is 1.33 bits per heavy atom. The Kier molecular flexibility index (Phi) is 8.58. The third kappa shape index (κ3) is 7.21.